The molecule has 1 aliphatic heterocycles. The number of furan rings is 1. The Morgan fingerprint density at radius 3 is 2.73 bits per heavy atom. The Bertz CT molecular complexity index is 1450. The number of ketones is 1. The molecular weight excluding hydrogens is 509 g/mol. The first kappa shape index (κ1) is 26.6. The Morgan fingerprint density at radius 2 is 2.03 bits per heavy atom. The molecule has 1 atom stereocenters. The summed E-state index contributed by atoms with van der Waals surface area (Å²) in [5.41, 5.74) is 5.11. The van der Waals surface area contributed by atoms with Crippen LogP contribution in [-0.2, 0) is 21.2 Å². The van der Waals surface area contributed by atoms with E-state index in [0.717, 1.165) is 6.08 Å². The molecule has 0 unspecified atom stereocenters. The molecule has 0 saturated carbocycles. The highest BCUT2D eigenvalue weighted by Gasteiger charge is 2.40. The normalized spacial score (nSPS) is 18.0. The van der Waals surface area contributed by atoms with Gasteiger partial charge >= 0.3 is 6.18 Å². The summed E-state index contributed by atoms with van der Waals surface area (Å²) in [6, 6.07) is 10.6. The zero-order valence-corrected chi connectivity index (χ0v) is 20.7. The minimum atomic E-state index is -4.69. The van der Waals surface area contributed by atoms with Crippen LogP contribution >= 0.6 is 0 Å². The quantitative estimate of drug-likeness (QED) is 0.437. The van der Waals surface area contributed by atoms with Gasteiger partial charge in [-0.2, -0.15) is 17.5 Å². The first-order chi connectivity index (χ1) is 17.5. The number of fused-ring (bicyclic) bond motifs is 1. The number of sulfonamides is 1. The number of carbonyl (C=O) groups is 1. The molecule has 0 bridgehead atoms. The molecule has 1 aliphatic rings. The fourth-order valence-electron chi connectivity index (χ4n) is 4.25. The van der Waals surface area contributed by atoms with E-state index >= 15 is 0 Å². The van der Waals surface area contributed by atoms with Crippen LogP contribution in [0.4, 0.5) is 13.2 Å². The third kappa shape index (κ3) is 5.75. The summed E-state index contributed by atoms with van der Waals surface area (Å²) in [4.78, 5) is 21.1. The molecule has 1 saturated heterocycles. The summed E-state index contributed by atoms with van der Waals surface area (Å²) in [5.74, 6) is -0.269. The van der Waals surface area contributed by atoms with E-state index in [1.165, 1.54) is 35.7 Å². The summed E-state index contributed by atoms with van der Waals surface area (Å²) in [6.45, 7) is 0.201. The van der Waals surface area contributed by atoms with Crippen molar-refractivity contribution in [1.82, 2.24) is 9.29 Å². The number of allylic oxidation sites excluding steroid dienone is 2. The molecular formula is C25H25F3N4O4S. The van der Waals surface area contributed by atoms with Gasteiger partial charge in [-0.1, -0.05) is 18.2 Å². The monoisotopic (exact) mass is 534 g/mol. The van der Waals surface area contributed by atoms with E-state index in [0.29, 0.717) is 35.1 Å². The Labute approximate surface area is 211 Å². The van der Waals surface area contributed by atoms with Gasteiger partial charge in [0.2, 0.25) is 5.09 Å². The number of alkyl halides is 3. The van der Waals surface area contributed by atoms with Crippen LogP contribution in [0.25, 0.3) is 11.0 Å². The van der Waals surface area contributed by atoms with Crippen LogP contribution in [-0.4, -0.2) is 55.0 Å². The molecule has 0 amide bonds. The Hall–Kier alpha value is -3.51. The van der Waals surface area contributed by atoms with Gasteiger partial charge in [0, 0.05) is 48.9 Å². The molecule has 2 N–H and O–H groups in total. The number of nitrogens with zero attached hydrogens (tertiary/aromatic N) is 3. The van der Waals surface area contributed by atoms with Crippen LogP contribution in [0.1, 0.15) is 30.5 Å². The number of halogens is 3. The lowest BCUT2D eigenvalue weighted by Gasteiger charge is -2.21. The highest BCUT2D eigenvalue weighted by molar-refractivity contribution is 7.89. The van der Waals surface area contributed by atoms with Crippen molar-refractivity contribution >= 4 is 32.5 Å². The van der Waals surface area contributed by atoms with Gasteiger partial charge in [-0.05, 0) is 43.5 Å². The molecule has 196 valence electrons. The fourth-order valence-corrected chi connectivity index (χ4v) is 5.88. The molecule has 0 spiro atoms. The fraction of sp³-hybridized carbons (Fsp3) is 0.320. The van der Waals surface area contributed by atoms with Gasteiger partial charge in [-0.15, -0.1) is 0 Å². The van der Waals surface area contributed by atoms with Gasteiger partial charge < -0.3 is 10.2 Å². The number of hydrogen-bond acceptors (Lipinski definition) is 7. The number of benzene rings is 1. The average Bonchev–Trinajstić information content (AvgIpc) is 3.53. The summed E-state index contributed by atoms with van der Waals surface area (Å²) < 4.78 is 71.7. The van der Waals surface area contributed by atoms with Crippen LogP contribution in [0, 0.1) is 0 Å². The number of Topliss-reactive ketones (excluding diaryl/α,β-unsaturated/α-hetero) is 1. The second kappa shape index (κ2) is 10.5. The van der Waals surface area contributed by atoms with E-state index in [2.05, 4.69) is 9.98 Å². The average molecular weight is 535 g/mol. The largest absolute Gasteiger partial charge is 0.443 e. The number of para-hydroxylation sites is 1. The van der Waals surface area contributed by atoms with Crippen LogP contribution in [0.3, 0.4) is 0 Å². The first-order valence-electron chi connectivity index (χ1n) is 11.5. The third-order valence-electron chi connectivity index (χ3n) is 6.14. The Kier molecular flexibility index (Phi) is 7.51. The maximum Gasteiger partial charge on any atom is 0.430 e. The molecule has 1 fully saturated rings. The molecule has 0 aliphatic carbocycles. The van der Waals surface area contributed by atoms with Gasteiger partial charge in [0.1, 0.15) is 11.3 Å². The second-order valence-electron chi connectivity index (χ2n) is 8.59. The van der Waals surface area contributed by atoms with Gasteiger partial charge in [-0.25, -0.2) is 8.42 Å². The lowest BCUT2D eigenvalue weighted by Crippen LogP contribution is -2.40. The first-order valence-corrected chi connectivity index (χ1v) is 12.9. The van der Waals surface area contributed by atoms with Crippen LogP contribution in [0.5, 0.6) is 0 Å². The summed E-state index contributed by atoms with van der Waals surface area (Å²) in [6.07, 6.45) is -1.43. The number of pyridine rings is 1. The number of rotatable bonds is 8. The molecule has 3 aromatic rings. The summed E-state index contributed by atoms with van der Waals surface area (Å²) in [7, 11) is -2.67. The summed E-state index contributed by atoms with van der Waals surface area (Å²) >= 11 is 0. The maximum absolute atomic E-state index is 13.3. The van der Waals surface area contributed by atoms with Crippen molar-refractivity contribution in [2.75, 3.05) is 13.6 Å². The zero-order valence-electron chi connectivity index (χ0n) is 19.9. The van der Waals surface area contributed by atoms with Crippen molar-refractivity contribution in [3.8, 4) is 0 Å². The predicted octanol–water partition coefficient (Wildman–Crippen LogP) is 4.01. The van der Waals surface area contributed by atoms with Gasteiger partial charge in [-0.3, -0.25) is 14.8 Å². The van der Waals surface area contributed by atoms with Crippen LogP contribution in [0.15, 0.2) is 74.9 Å². The molecule has 2 aromatic heterocycles. The number of hydrogen-bond donors (Lipinski definition) is 1. The topological polar surface area (TPSA) is 119 Å². The van der Waals surface area contributed by atoms with Crippen molar-refractivity contribution in [1.29, 1.82) is 0 Å². The van der Waals surface area contributed by atoms with Crippen molar-refractivity contribution in [2.24, 2.45) is 10.7 Å². The van der Waals surface area contributed by atoms with Gasteiger partial charge in [0.15, 0.2) is 5.78 Å². The maximum atomic E-state index is 13.3. The number of carbonyl (C=O) groups excluding carboxylic acids is 1. The van der Waals surface area contributed by atoms with Crippen LogP contribution in [0.2, 0.25) is 0 Å². The van der Waals surface area contributed by atoms with E-state index in [-0.39, 0.29) is 36.0 Å². The van der Waals surface area contributed by atoms with E-state index < -0.39 is 27.9 Å². The molecule has 12 heteroatoms. The smallest absolute Gasteiger partial charge is 0.430 e. The van der Waals surface area contributed by atoms with E-state index in [1.807, 2.05) is 0 Å². The molecule has 37 heavy (non-hydrogen) atoms. The molecule has 3 heterocycles. The Morgan fingerprint density at radius 1 is 1.27 bits per heavy atom. The van der Waals surface area contributed by atoms with Crippen molar-refractivity contribution < 1.29 is 30.8 Å². The lowest BCUT2D eigenvalue weighted by atomic mass is 10.0. The van der Waals surface area contributed by atoms with E-state index in [1.54, 1.807) is 24.3 Å². The number of aromatic nitrogens is 1. The van der Waals surface area contributed by atoms with Crippen molar-refractivity contribution in [2.45, 2.75) is 43.0 Å². The third-order valence-corrected chi connectivity index (χ3v) is 7.91. The number of nitrogens with two attached hydrogens (primary N) is 1. The van der Waals surface area contributed by atoms with Crippen molar-refractivity contribution in [3.63, 3.8) is 0 Å². The predicted molar refractivity (Wildman–Crippen MR) is 131 cm³/mol. The molecule has 0 radical (unpaired) electrons. The zero-order chi connectivity index (χ0) is 26.8. The van der Waals surface area contributed by atoms with E-state index in [4.69, 9.17) is 10.2 Å². The Balaban J connectivity index is 1.47. The minimum Gasteiger partial charge on any atom is -0.443 e. The standard InChI is InChI=1S/C25H25F3N4O4S/c1-30-19(15-23(29)25(26,27)28)16-10-11-31-18(13-16)8-9-21(33)20-6-4-12-32(20)37(34,35)24-14-17-5-2-3-7-22(17)36-24/h2-3,5,7,10-11,13-15,20H,4,6,8-9,12,29H2,1H3/t20-/m0/s1. The van der Waals surface area contributed by atoms with Crippen molar-refractivity contribution in [3.05, 3.63) is 71.7 Å². The van der Waals surface area contributed by atoms with Gasteiger partial charge in [0.25, 0.3) is 10.0 Å². The summed E-state index contributed by atoms with van der Waals surface area (Å²) in [5, 5.41) is 0.441. The second-order valence-corrected chi connectivity index (χ2v) is 10.4. The SMILES string of the molecule is CN=C(C=C(N)C(F)(F)F)c1ccnc(CCC(=O)[C@@H]2CCCN2S(=O)(=O)c2cc3ccccc3o2)c1. The lowest BCUT2D eigenvalue weighted by molar-refractivity contribution is -0.122. The minimum absolute atomic E-state index is 0.00635. The number of aliphatic imine (C=N–C) groups is 1. The van der Waals surface area contributed by atoms with Crippen LogP contribution < -0.4 is 5.73 Å². The molecule has 4 rings (SSSR count). The highest BCUT2D eigenvalue weighted by Crippen LogP contribution is 2.31. The van der Waals surface area contributed by atoms with Gasteiger partial charge in [0.05, 0.1) is 11.8 Å². The molecule has 1 aromatic carbocycles. The highest BCUT2D eigenvalue weighted by atomic mass is 32.2. The molecule has 8 nitrogen and oxygen atoms in total. The van der Waals surface area contributed by atoms with E-state index in [9.17, 15) is 26.4 Å². The number of aryl methyl sites for hydroxylation is 1.